The lowest BCUT2D eigenvalue weighted by atomic mass is 9.88. The number of rotatable bonds is 6. The third kappa shape index (κ3) is 4.54. The van der Waals surface area contributed by atoms with E-state index in [9.17, 15) is 14.0 Å². The summed E-state index contributed by atoms with van der Waals surface area (Å²) in [4.78, 5) is 27.3. The van der Waals surface area contributed by atoms with Crippen molar-refractivity contribution in [3.63, 3.8) is 0 Å². The number of nitrogens with one attached hydrogen (secondary N) is 1. The Bertz CT molecular complexity index is 777. The number of hydrogen-bond donors (Lipinski definition) is 1. The second-order valence-electron chi connectivity index (χ2n) is 6.99. The third-order valence-corrected chi connectivity index (χ3v) is 5.09. The van der Waals surface area contributed by atoms with Gasteiger partial charge in [0.05, 0.1) is 5.92 Å². The summed E-state index contributed by atoms with van der Waals surface area (Å²) in [6.45, 7) is 3.52. The summed E-state index contributed by atoms with van der Waals surface area (Å²) < 4.78 is 13.3. The molecule has 0 aliphatic carbocycles. The second kappa shape index (κ2) is 8.80. The number of hydrogen-bond acceptors (Lipinski definition) is 2. The van der Waals surface area contributed by atoms with E-state index in [0.717, 1.165) is 18.4 Å². The number of carbonyl (C=O) groups is 2. The van der Waals surface area contributed by atoms with Gasteiger partial charge in [0.25, 0.3) is 5.91 Å². The maximum Gasteiger partial charge on any atom is 0.253 e. The average Bonchev–Trinajstić information content (AvgIpc) is 3.14. The zero-order valence-electron chi connectivity index (χ0n) is 15.5. The lowest BCUT2D eigenvalue weighted by Gasteiger charge is -2.18. The van der Waals surface area contributed by atoms with Crippen LogP contribution in [0.2, 0.25) is 0 Å². The van der Waals surface area contributed by atoms with Gasteiger partial charge in [-0.05, 0) is 36.2 Å². The molecule has 1 fully saturated rings. The molecule has 3 rings (SSSR count). The van der Waals surface area contributed by atoms with Crippen LogP contribution in [0, 0.1) is 11.7 Å². The molecule has 1 N–H and O–H groups in total. The molecule has 1 aliphatic heterocycles. The number of unbranched alkanes of at least 4 members (excludes halogenated alkanes) is 1. The van der Waals surface area contributed by atoms with E-state index in [1.54, 1.807) is 29.2 Å². The van der Waals surface area contributed by atoms with Gasteiger partial charge in [-0.1, -0.05) is 43.7 Å². The Morgan fingerprint density at radius 2 is 1.78 bits per heavy atom. The van der Waals surface area contributed by atoms with Gasteiger partial charge in [-0.3, -0.25) is 9.59 Å². The SMILES string of the molecule is CCCCNC(=O)[C@H]1CN(C(=O)c2ccccc2)C[C@H]1c1ccc(F)cc1. The Morgan fingerprint density at radius 3 is 2.44 bits per heavy atom. The number of benzene rings is 2. The van der Waals surface area contributed by atoms with Crippen molar-refractivity contribution in [3.05, 3.63) is 71.5 Å². The van der Waals surface area contributed by atoms with E-state index in [4.69, 9.17) is 0 Å². The molecular weight excluding hydrogens is 343 g/mol. The number of nitrogens with zero attached hydrogens (tertiary/aromatic N) is 1. The van der Waals surface area contributed by atoms with Crippen molar-refractivity contribution in [1.29, 1.82) is 0 Å². The van der Waals surface area contributed by atoms with Crippen molar-refractivity contribution in [2.45, 2.75) is 25.7 Å². The molecule has 5 heteroatoms. The molecular formula is C22H25FN2O2. The second-order valence-corrected chi connectivity index (χ2v) is 6.99. The molecule has 1 saturated heterocycles. The molecule has 2 atom stereocenters. The smallest absolute Gasteiger partial charge is 0.253 e. The van der Waals surface area contributed by atoms with Crippen molar-refractivity contribution < 1.29 is 14.0 Å². The Balaban J connectivity index is 1.80. The predicted molar refractivity (Wildman–Crippen MR) is 103 cm³/mol. The van der Waals surface area contributed by atoms with Crippen LogP contribution in [-0.2, 0) is 4.79 Å². The van der Waals surface area contributed by atoms with Crippen molar-refractivity contribution in [1.82, 2.24) is 10.2 Å². The quantitative estimate of drug-likeness (QED) is 0.792. The van der Waals surface area contributed by atoms with Crippen LogP contribution in [0.3, 0.4) is 0 Å². The van der Waals surface area contributed by atoms with E-state index < -0.39 is 0 Å². The van der Waals surface area contributed by atoms with E-state index in [2.05, 4.69) is 12.2 Å². The van der Waals surface area contributed by atoms with Gasteiger partial charge in [0.2, 0.25) is 5.91 Å². The van der Waals surface area contributed by atoms with Gasteiger partial charge < -0.3 is 10.2 Å². The van der Waals surface area contributed by atoms with Crippen LogP contribution >= 0.6 is 0 Å². The number of halogens is 1. The molecule has 142 valence electrons. The topological polar surface area (TPSA) is 49.4 Å². The summed E-state index contributed by atoms with van der Waals surface area (Å²) in [6, 6.07) is 15.3. The van der Waals surface area contributed by atoms with Gasteiger partial charge >= 0.3 is 0 Å². The maximum absolute atomic E-state index is 13.3. The maximum atomic E-state index is 13.3. The summed E-state index contributed by atoms with van der Waals surface area (Å²) >= 11 is 0. The van der Waals surface area contributed by atoms with Crippen molar-refractivity contribution >= 4 is 11.8 Å². The first-order chi connectivity index (χ1) is 13.1. The molecule has 1 heterocycles. The first kappa shape index (κ1) is 19.1. The molecule has 1 aliphatic rings. The molecule has 0 unspecified atom stereocenters. The molecule has 27 heavy (non-hydrogen) atoms. The zero-order valence-corrected chi connectivity index (χ0v) is 15.5. The highest BCUT2D eigenvalue weighted by molar-refractivity contribution is 5.95. The summed E-state index contributed by atoms with van der Waals surface area (Å²) in [6.07, 6.45) is 1.93. The van der Waals surface area contributed by atoms with Gasteiger partial charge in [-0.2, -0.15) is 0 Å². The van der Waals surface area contributed by atoms with E-state index in [1.807, 2.05) is 18.2 Å². The zero-order chi connectivity index (χ0) is 19.2. The van der Waals surface area contributed by atoms with Crippen molar-refractivity contribution in [2.75, 3.05) is 19.6 Å². The summed E-state index contributed by atoms with van der Waals surface area (Å²) in [7, 11) is 0. The van der Waals surface area contributed by atoms with Crippen LogP contribution in [0.15, 0.2) is 54.6 Å². The highest BCUT2D eigenvalue weighted by Crippen LogP contribution is 2.34. The number of likely N-dealkylation sites (tertiary alicyclic amines) is 1. The number of carbonyl (C=O) groups excluding carboxylic acids is 2. The largest absolute Gasteiger partial charge is 0.356 e. The highest BCUT2D eigenvalue weighted by Gasteiger charge is 2.40. The average molecular weight is 368 g/mol. The minimum absolute atomic E-state index is 0.0406. The third-order valence-electron chi connectivity index (χ3n) is 5.09. The van der Waals surface area contributed by atoms with Gasteiger partial charge in [-0.15, -0.1) is 0 Å². The van der Waals surface area contributed by atoms with Crippen LogP contribution in [0.25, 0.3) is 0 Å². The van der Waals surface area contributed by atoms with Crippen LogP contribution in [0.4, 0.5) is 4.39 Å². The highest BCUT2D eigenvalue weighted by atomic mass is 19.1. The van der Waals surface area contributed by atoms with E-state index in [1.165, 1.54) is 12.1 Å². The van der Waals surface area contributed by atoms with Crippen molar-refractivity contribution in [3.8, 4) is 0 Å². The normalized spacial score (nSPS) is 19.1. The Kier molecular flexibility index (Phi) is 6.22. The molecule has 0 radical (unpaired) electrons. The summed E-state index contributed by atoms with van der Waals surface area (Å²) in [5, 5.41) is 2.98. The van der Waals surface area contributed by atoms with Crippen molar-refractivity contribution in [2.24, 2.45) is 5.92 Å². The Morgan fingerprint density at radius 1 is 1.07 bits per heavy atom. The fourth-order valence-electron chi connectivity index (χ4n) is 3.57. The Hall–Kier alpha value is -2.69. The molecule has 0 spiro atoms. The van der Waals surface area contributed by atoms with Crippen LogP contribution in [-0.4, -0.2) is 36.3 Å². The van der Waals surface area contributed by atoms with Gasteiger partial charge in [0, 0.05) is 31.1 Å². The standard InChI is InChI=1S/C22H25FN2O2/c1-2-3-13-24-21(26)20-15-25(22(27)17-7-5-4-6-8-17)14-19(20)16-9-11-18(23)12-10-16/h4-12,19-20H,2-3,13-15H2,1H3,(H,24,26)/t19-,20-/m0/s1. The lowest BCUT2D eigenvalue weighted by Crippen LogP contribution is -2.36. The molecule has 4 nitrogen and oxygen atoms in total. The molecule has 2 amide bonds. The fourth-order valence-corrected chi connectivity index (χ4v) is 3.57. The minimum Gasteiger partial charge on any atom is -0.356 e. The molecule has 2 aromatic rings. The van der Waals surface area contributed by atoms with Crippen LogP contribution < -0.4 is 5.32 Å². The molecule has 0 aromatic heterocycles. The van der Waals surface area contributed by atoms with E-state index in [0.29, 0.717) is 25.2 Å². The minimum atomic E-state index is -0.333. The van der Waals surface area contributed by atoms with Gasteiger partial charge in [0.15, 0.2) is 0 Å². The van der Waals surface area contributed by atoms with Gasteiger partial charge in [0.1, 0.15) is 5.82 Å². The monoisotopic (exact) mass is 368 g/mol. The van der Waals surface area contributed by atoms with E-state index >= 15 is 0 Å². The van der Waals surface area contributed by atoms with Crippen LogP contribution in [0.5, 0.6) is 0 Å². The molecule has 2 aromatic carbocycles. The first-order valence-electron chi connectivity index (χ1n) is 9.47. The fraction of sp³-hybridized carbons (Fsp3) is 0.364. The summed E-state index contributed by atoms with van der Waals surface area (Å²) in [5.41, 5.74) is 1.50. The van der Waals surface area contributed by atoms with Crippen LogP contribution in [0.1, 0.15) is 41.6 Å². The van der Waals surface area contributed by atoms with Gasteiger partial charge in [-0.25, -0.2) is 4.39 Å². The van der Waals surface area contributed by atoms with E-state index in [-0.39, 0.29) is 29.5 Å². The lowest BCUT2D eigenvalue weighted by molar-refractivity contribution is -0.124. The first-order valence-corrected chi connectivity index (χ1v) is 9.47. The number of amides is 2. The molecule has 0 bridgehead atoms. The Labute approximate surface area is 159 Å². The summed E-state index contributed by atoms with van der Waals surface area (Å²) in [5.74, 6) is -0.898. The predicted octanol–water partition coefficient (Wildman–Crippen LogP) is 3.60. The molecule has 0 saturated carbocycles.